The van der Waals surface area contributed by atoms with Crippen molar-refractivity contribution in [1.82, 2.24) is 15.0 Å². The van der Waals surface area contributed by atoms with Gasteiger partial charge in [-0.05, 0) is 44.9 Å². The van der Waals surface area contributed by atoms with Crippen LogP contribution in [0.3, 0.4) is 0 Å². The molecule has 5 nitrogen and oxygen atoms in total. The lowest BCUT2D eigenvalue weighted by Crippen LogP contribution is -2.38. The molecule has 2 aromatic rings. The fourth-order valence-electron chi connectivity index (χ4n) is 2.91. The molecule has 2 N–H and O–H groups in total. The van der Waals surface area contributed by atoms with Gasteiger partial charge < -0.3 is 10.3 Å². The van der Waals surface area contributed by atoms with Crippen LogP contribution in [0.5, 0.6) is 0 Å². The molecule has 0 unspecified atom stereocenters. The molecule has 1 aromatic carbocycles. The number of hydrogen-bond donors (Lipinski definition) is 1. The first-order valence-electron chi connectivity index (χ1n) is 7.56. The van der Waals surface area contributed by atoms with Gasteiger partial charge >= 0.3 is 0 Å². The van der Waals surface area contributed by atoms with Crippen LogP contribution < -0.4 is 5.73 Å². The molecular formula is C16H22N4O. The normalized spacial score (nSPS) is 22.6. The van der Waals surface area contributed by atoms with Gasteiger partial charge in [-0.15, -0.1) is 0 Å². The Balaban J connectivity index is 1.62. The number of nitrogens with zero attached hydrogens (tertiary/aromatic N) is 3. The smallest absolute Gasteiger partial charge is 0.257 e. The highest BCUT2D eigenvalue weighted by molar-refractivity contribution is 5.51. The SMILES string of the molecule is CN(Cc1noc(-c2ccccc2)n1)C1CCC(N)CC1. The van der Waals surface area contributed by atoms with Crippen LogP contribution in [0.1, 0.15) is 31.5 Å². The predicted molar refractivity (Wildman–Crippen MR) is 81.4 cm³/mol. The standard InChI is InChI=1S/C16H22N4O/c1-20(14-9-7-13(17)8-10-14)11-15-18-16(21-19-15)12-5-3-2-4-6-12/h2-6,13-14H,7-11,17H2,1H3. The molecule has 1 aromatic heterocycles. The van der Waals surface area contributed by atoms with Crippen molar-refractivity contribution in [3.8, 4) is 11.5 Å². The summed E-state index contributed by atoms with van der Waals surface area (Å²) in [4.78, 5) is 6.80. The van der Waals surface area contributed by atoms with E-state index in [0.29, 0.717) is 18.0 Å². The number of aromatic nitrogens is 2. The van der Waals surface area contributed by atoms with Crippen molar-refractivity contribution in [2.45, 2.75) is 44.3 Å². The molecule has 5 heteroatoms. The minimum atomic E-state index is 0.379. The van der Waals surface area contributed by atoms with Crippen molar-refractivity contribution < 1.29 is 4.52 Å². The first-order chi connectivity index (χ1) is 10.2. The van der Waals surface area contributed by atoms with Gasteiger partial charge in [-0.1, -0.05) is 23.4 Å². The number of nitrogens with two attached hydrogens (primary N) is 1. The van der Waals surface area contributed by atoms with Crippen LogP contribution in [-0.4, -0.2) is 34.2 Å². The average Bonchev–Trinajstić information content (AvgIpc) is 2.97. The molecule has 0 amide bonds. The largest absolute Gasteiger partial charge is 0.334 e. The summed E-state index contributed by atoms with van der Waals surface area (Å²) in [6.07, 6.45) is 4.52. The van der Waals surface area contributed by atoms with Crippen molar-refractivity contribution in [3.05, 3.63) is 36.2 Å². The number of hydrogen-bond acceptors (Lipinski definition) is 5. The summed E-state index contributed by atoms with van der Waals surface area (Å²) in [6, 6.07) is 10.8. The van der Waals surface area contributed by atoms with E-state index >= 15 is 0 Å². The number of rotatable bonds is 4. The lowest BCUT2D eigenvalue weighted by Gasteiger charge is -2.32. The molecule has 112 valence electrons. The summed E-state index contributed by atoms with van der Waals surface area (Å²) in [6.45, 7) is 0.718. The Kier molecular flexibility index (Phi) is 4.31. The first-order valence-corrected chi connectivity index (χ1v) is 7.56. The highest BCUT2D eigenvalue weighted by Gasteiger charge is 2.23. The molecule has 0 bridgehead atoms. The van der Waals surface area contributed by atoms with Crippen molar-refractivity contribution in [2.24, 2.45) is 5.73 Å². The first kappa shape index (κ1) is 14.2. The summed E-state index contributed by atoms with van der Waals surface area (Å²) < 4.78 is 5.35. The van der Waals surface area contributed by atoms with Gasteiger partial charge in [0.25, 0.3) is 5.89 Å². The van der Waals surface area contributed by atoms with Crippen LogP contribution in [0.2, 0.25) is 0 Å². The average molecular weight is 286 g/mol. The van der Waals surface area contributed by atoms with E-state index in [0.717, 1.165) is 43.6 Å². The zero-order valence-corrected chi connectivity index (χ0v) is 12.4. The lowest BCUT2D eigenvalue weighted by molar-refractivity contribution is 0.171. The second kappa shape index (κ2) is 6.37. The van der Waals surface area contributed by atoms with E-state index in [9.17, 15) is 0 Å². The molecule has 1 heterocycles. The van der Waals surface area contributed by atoms with E-state index in [-0.39, 0.29) is 0 Å². The molecule has 1 fully saturated rings. The Morgan fingerprint density at radius 3 is 2.62 bits per heavy atom. The fraction of sp³-hybridized carbons (Fsp3) is 0.500. The Labute approximate surface area is 125 Å². The Hall–Kier alpha value is -1.72. The Bertz CT molecular complexity index is 561. The van der Waals surface area contributed by atoms with Crippen molar-refractivity contribution in [3.63, 3.8) is 0 Å². The maximum absolute atomic E-state index is 5.96. The summed E-state index contributed by atoms with van der Waals surface area (Å²) in [5.41, 5.74) is 6.92. The second-order valence-corrected chi connectivity index (χ2v) is 5.87. The molecule has 21 heavy (non-hydrogen) atoms. The molecule has 0 saturated heterocycles. The van der Waals surface area contributed by atoms with Crippen molar-refractivity contribution in [2.75, 3.05) is 7.05 Å². The van der Waals surface area contributed by atoms with E-state index in [1.165, 1.54) is 0 Å². The van der Waals surface area contributed by atoms with Gasteiger partial charge in [0.15, 0.2) is 5.82 Å². The summed E-state index contributed by atoms with van der Waals surface area (Å²) >= 11 is 0. The third-order valence-corrected chi connectivity index (χ3v) is 4.24. The minimum Gasteiger partial charge on any atom is -0.334 e. The fourth-order valence-corrected chi connectivity index (χ4v) is 2.91. The minimum absolute atomic E-state index is 0.379. The predicted octanol–water partition coefficient (Wildman–Crippen LogP) is 2.44. The van der Waals surface area contributed by atoms with Crippen LogP contribution in [-0.2, 0) is 6.54 Å². The van der Waals surface area contributed by atoms with E-state index in [2.05, 4.69) is 22.1 Å². The van der Waals surface area contributed by atoms with Crippen LogP contribution >= 0.6 is 0 Å². The van der Waals surface area contributed by atoms with Gasteiger partial charge in [-0.3, -0.25) is 4.90 Å². The van der Waals surface area contributed by atoms with Crippen molar-refractivity contribution >= 4 is 0 Å². The van der Waals surface area contributed by atoms with Crippen LogP contribution in [0.4, 0.5) is 0 Å². The quantitative estimate of drug-likeness (QED) is 0.935. The zero-order valence-electron chi connectivity index (χ0n) is 12.4. The summed E-state index contributed by atoms with van der Waals surface area (Å²) in [5, 5.41) is 4.09. The molecule has 1 aliphatic carbocycles. The Morgan fingerprint density at radius 2 is 1.90 bits per heavy atom. The molecule has 0 radical (unpaired) electrons. The van der Waals surface area contributed by atoms with Gasteiger partial charge in [0.05, 0.1) is 6.54 Å². The summed E-state index contributed by atoms with van der Waals surface area (Å²) in [7, 11) is 2.13. The third kappa shape index (κ3) is 3.49. The van der Waals surface area contributed by atoms with Crippen LogP contribution in [0, 0.1) is 0 Å². The molecule has 3 rings (SSSR count). The van der Waals surface area contributed by atoms with E-state index < -0.39 is 0 Å². The van der Waals surface area contributed by atoms with Gasteiger partial charge in [-0.25, -0.2) is 0 Å². The molecule has 0 spiro atoms. The van der Waals surface area contributed by atoms with Crippen molar-refractivity contribution in [1.29, 1.82) is 0 Å². The monoisotopic (exact) mass is 286 g/mol. The highest BCUT2D eigenvalue weighted by atomic mass is 16.5. The number of benzene rings is 1. The van der Waals surface area contributed by atoms with Gasteiger partial charge in [0, 0.05) is 17.6 Å². The molecule has 0 atom stereocenters. The highest BCUT2D eigenvalue weighted by Crippen LogP contribution is 2.22. The van der Waals surface area contributed by atoms with Crippen LogP contribution in [0.15, 0.2) is 34.9 Å². The molecular weight excluding hydrogens is 264 g/mol. The maximum Gasteiger partial charge on any atom is 0.257 e. The Morgan fingerprint density at radius 1 is 1.19 bits per heavy atom. The van der Waals surface area contributed by atoms with Crippen LogP contribution in [0.25, 0.3) is 11.5 Å². The van der Waals surface area contributed by atoms with Gasteiger partial charge in [0.1, 0.15) is 0 Å². The topological polar surface area (TPSA) is 68.2 Å². The summed E-state index contributed by atoms with van der Waals surface area (Å²) in [5.74, 6) is 1.33. The molecule has 0 aliphatic heterocycles. The molecule has 1 aliphatic rings. The second-order valence-electron chi connectivity index (χ2n) is 5.87. The lowest BCUT2D eigenvalue weighted by atomic mass is 9.91. The molecule has 1 saturated carbocycles. The van der Waals surface area contributed by atoms with Gasteiger partial charge in [-0.2, -0.15) is 4.98 Å². The maximum atomic E-state index is 5.96. The van der Waals surface area contributed by atoms with E-state index in [1.54, 1.807) is 0 Å². The third-order valence-electron chi connectivity index (χ3n) is 4.24. The van der Waals surface area contributed by atoms with E-state index in [1.807, 2.05) is 30.3 Å². The van der Waals surface area contributed by atoms with Gasteiger partial charge in [0.2, 0.25) is 0 Å². The zero-order chi connectivity index (χ0) is 14.7. The van der Waals surface area contributed by atoms with E-state index in [4.69, 9.17) is 10.3 Å².